The molecule has 0 amide bonds. The summed E-state index contributed by atoms with van der Waals surface area (Å²) in [6.07, 6.45) is 1.72. The lowest BCUT2D eigenvalue weighted by Gasteiger charge is -1.99. The van der Waals surface area contributed by atoms with Crippen molar-refractivity contribution in [3.05, 3.63) is 33.3 Å². The van der Waals surface area contributed by atoms with Crippen LogP contribution in [0.1, 0.15) is 11.3 Å². The highest BCUT2D eigenvalue weighted by Gasteiger charge is 2.18. The summed E-state index contributed by atoms with van der Waals surface area (Å²) >= 11 is 3.21. The molecule has 1 aliphatic heterocycles. The largest absolute Gasteiger partial charge is 0.306 e. The average Bonchev–Trinajstić information content (AvgIpc) is 2.88. The first-order valence-corrected chi connectivity index (χ1v) is 6.47. The molecule has 6 heteroatoms. The molecule has 1 aliphatic rings. The summed E-state index contributed by atoms with van der Waals surface area (Å²) < 4.78 is 0. The maximum absolute atomic E-state index is 11.7. The van der Waals surface area contributed by atoms with E-state index in [2.05, 4.69) is 15.0 Å². The number of hydrogen-bond acceptors (Lipinski definition) is 5. The van der Waals surface area contributed by atoms with Gasteiger partial charge in [0.05, 0.1) is 16.1 Å². The van der Waals surface area contributed by atoms with Crippen molar-refractivity contribution in [3.8, 4) is 10.7 Å². The Morgan fingerprint density at radius 1 is 1.40 bits per heavy atom. The van der Waals surface area contributed by atoms with Gasteiger partial charge in [0.15, 0.2) is 5.82 Å². The van der Waals surface area contributed by atoms with E-state index < -0.39 is 0 Å². The normalized spacial score (nSPS) is 14.1. The minimum atomic E-state index is -0.00611. The second-order valence-corrected chi connectivity index (χ2v) is 5.07. The van der Waals surface area contributed by atoms with E-state index in [4.69, 9.17) is 0 Å². The minimum absolute atomic E-state index is 0.00611. The van der Waals surface area contributed by atoms with Gasteiger partial charge in [-0.1, -0.05) is 0 Å². The summed E-state index contributed by atoms with van der Waals surface area (Å²) in [6.45, 7) is 0. The molecule has 0 bridgehead atoms. The zero-order valence-corrected chi connectivity index (χ0v) is 9.32. The lowest BCUT2D eigenvalue weighted by molar-refractivity contribution is 1.04. The second kappa shape index (κ2) is 3.46. The fourth-order valence-corrected chi connectivity index (χ4v) is 3.11. The maximum Gasteiger partial charge on any atom is 0.255 e. The molecule has 76 valence electrons. The fourth-order valence-electron chi connectivity index (χ4n) is 1.51. The molecular formula is C9H7N3OS2. The molecule has 2 aromatic heterocycles. The van der Waals surface area contributed by atoms with Gasteiger partial charge in [-0.2, -0.15) is 11.8 Å². The highest BCUT2D eigenvalue weighted by molar-refractivity contribution is 7.98. The van der Waals surface area contributed by atoms with E-state index in [0.29, 0.717) is 5.82 Å². The van der Waals surface area contributed by atoms with Gasteiger partial charge in [-0.3, -0.25) is 9.78 Å². The number of H-pyrrole nitrogens is 1. The monoisotopic (exact) mass is 237 g/mol. The van der Waals surface area contributed by atoms with Gasteiger partial charge in [-0.25, -0.2) is 4.98 Å². The number of thioether (sulfide) groups is 1. The summed E-state index contributed by atoms with van der Waals surface area (Å²) in [5, 5.41) is 0. The first kappa shape index (κ1) is 9.11. The van der Waals surface area contributed by atoms with Crippen LogP contribution >= 0.6 is 23.1 Å². The number of aromatic amines is 1. The molecule has 15 heavy (non-hydrogen) atoms. The van der Waals surface area contributed by atoms with Crippen LogP contribution in [0.4, 0.5) is 0 Å². The van der Waals surface area contributed by atoms with Crippen molar-refractivity contribution in [2.45, 2.75) is 11.5 Å². The molecule has 2 aromatic rings. The van der Waals surface area contributed by atoms with Gasteiger partial charge in [0.25, 0.3) is 5.56 Å². The molecule has 0 aromatic carbocycles. The summed E-state index contributed by atoms with van der Waals surface area (Å²) in [4.78, 5) is 23.8. The molecule has 4 nitrogen and oxygen atoms in total. The number of thiazole rings is 1. The van der Waals surface area contributed by atoms with Crippen LogP contribution < -0.4 is 5.56 Å². The van der Waals surface area contributed by atoms with Gasteiger partial charge in [-0.15, -0.1) is 11.3 Å². The predicted octanol–water partition coefficient (Wildman–Crippen LogP) is 1.64. The lowest BCUT2D eigenvalue weighted by atomic mass is 10.2. The number of nitrogens with zero attached hydrogens (tertiary/aromatic N) is 2. The maximum atomic E-state index is 11.7. The quantitative estimate of drug-likeness (QED) is 0.819. The Labute approximate surface area is 93.8 Å². The van der Waals surface area contributed by atoms with Crippen molar-refractivity contribution < 1.29 is 0 Å². The Balaban J connectivity index is 2.20. The molecule has 0 fully saturated rings. The zero-order valence-electron chi connectivity index (χ0n) is 7.69. The number of aromatic nitrogens is 3. The van der Waals surface area contributed by atoms with Crippen molar-refractivity contribution in [2.75, 3.05) is 0 Å². The molecule has 1 N–H and O–H groups in total. The standard InChI is InChI=1S/C9H7N3OS2/c13-9-5-2-14-3-6(5)11-8(12-9)7-1-10-4-15-7/h1,4H,2-3H2,(H,11,12,13). The van der Waals surface area contributed by atoms with Gasteiger partial charge >= 0.3 is 0 Å². The van der Waals surface area contributed by atoms with Crippen LogP contribution in [0.25, 0.3) is 10.7 Å². The number of hydrogen-bond donors (Lipinski definition) is 1. The molecule has 0 spiro atoms. The predicted molar refractivity (Wildman–Crippen MR) is 61.0 cm³/mol. The molecule has 3 rings (SSSR count). The van der Waals surface area contributed by atoms with E-state index in [0.717, 1.165) is 27.6 Å². The third-order valence-electron chi connectivity index (χ3n) is 2.25. The van der Waals surface area contributed by atoms with Crippen molar-refractivity contribution >= 4 is 23.1 Å². The number of rotatable bonds is 1. The Morgan fingerprint density at radius 3 is 3.13 bits per heavy atom. The van der Waals surface area contributed by atoms with Crippen LogP contribution in [0.5, 0.6) is 0 Å². The fraction of sp³-hybridized carbons (Fsp3) is 0.222. The van der Waals surface area contributed by atoms with E-state index in [-0.39, 0.29) is 5.56 Å². The number of nitrogens with one attached hydrogen (secondary N) is 1. The molecule has 0 saturated heterocycles. The molecule has 0 saturated carbocycles. The molecule has 0 atom stereocenters. The summed E-state index contributed by atoms with van der Waals surface area (Å²) in [7, 11) is 0. The Bertz CT molecular complexity index is 547. The van der Waals surface area contributed by atoms with Gasteiger partial charge < -0.3 is 4.98 Å². The highest BCUT2D eigenvalue weighted by Crippen LogP contribution is 2.27. The van der Waals surface area contributed by atoms with Crippen LogP contribution in [0.15, 0.2) is 16.5 Å². The van der Waals surface area contributed by atoms with Crippen molar-refractivity contribution in [1.29, 1.82) is 0 Å². The number of fused-ring (bicyclic) bond motifs is 1. The van der Waals surface area contributed by atoms with E-state index in [9.17, 15) is 4.79 Å². The SMILES string of the molecule is O=c1[nH]c(-c2cncs2)nc2c1CSC2. The van der Waals surface area contributed by atoms with Crippen LogP contribution in [0.2, 0.25) is 0 Å². The summed E-state index contributed by atoms with van der Waals surface area (Å²) in [5.74, 6) is 2.26. The van der Waals surface area contributed by atoms with E-state index in [1.807, 2.05) is 0 Å². The zero-order chi connectivity index (χ0) is 10.3. The third kappa shape index (κ3) is 1.49. The van der Waals surface area contributed by atoms with Gasteiger partial charge in [-0.05, 0) is 0 Å². The van der Waals surface area contributed by atoms with Crippen LogP contribution in [0, 0.1) is 0 Å². The third-order valence-corrected chi connectivity index (χ3v) is 4.00. The van der Waals surface area contributed by atoms with E-state index in [1.54, 1.807) is 23.5 Å². The van der Waals surface area contributed by atoms with Crippen LogP contribution in [-0.4, -0.2) is 15.0 Å². The van der Waals surface area contributed by atoms with Crippen molar-refractivity contribution in [1.82, 2.24) is 15.0 Å². The molecule has 0 radical (unpaired) electrons. The summed E-state index contributed by atoms with van der Waals surface area (Å²) in [6, 6.07) is 0. The Morgan fingerprint density at radius 2 is 2.33 bits per heavy atom. The molecule has 0 aliphatic carbocycles. The van der Waals surface area contributed by atoms with E-state index in [1.165, 1.54) is 11.3 Å². The molecule has 3 heterocycles. The smallest absolute Gasteiger partial charge is 0.255 e. The first-order chi connectivity index (χ1) is 7.34. The van der Waals surface area contributed by atoms with Crippen LogP contribution in [0.3, 0.4) is 0 Å². The minimum Gasteiger partial charge on any atom is -0.306 e. The Kier molecular flexibility index (Phi) is 2.10. The first-order valence-electron chi connectivity index (χ1n) is 4.43. The van der Waals surface area contributed by atoms with Gasteiger partial charge in [0.2, 0.25) is 0 Å². The molecular weight excluding hydrogens is 230 g/mol. The average molecular weight is 237 g/mol. The topological polar surface area (TPSA) is 58.6 Å². The second-order valence-electron chi connectivity index (χ2n) is 3.20. The Hall–Kier alpha value is -1.14. The lowest BCUT2D eigenvalue weighted by Crippen LogP contribution is -2.14. The van der Waals surface area contributed by atoms with E-state index >= 15 is 0 Å². The van der Waals surface area contributed by atoms with Gasteiger partial charge in [0.1, 0.15) is 0 Å². The van der Waals surface area contributed by atoms with Crippen molar-refractivity contribution in [2.24, 2.45) is 0 Å². The van der Waals surface area contributed by atoms with Crippen molar-refractivity contribution in [3.63, 3.8) is 0 Å². The highest BCUT2D eigenvalue weighted by atomic mass is 32.2. The van der Waals surface area contributed by atoms with Gasteiger partial charge in [0, 0.05) is 23.3 Å². The van der Waals surface area contributed by atoms with Crippen LogP contribution in [-0.2, 0) is 11.5 Å². The summed E-state index contributed by atoms with van der Waals surface area (Å²) in [5.41, 5.74) is 3.48. The molecule has 0 unspecified atom stereocenters.